The van der Waals surface area contributed by atoms with Crippen molar-refractivity contribution < 1.29 is 19.3 Å². The molecule has 1 aromatic rings. The minimum absolute atomic E-state index is 0.172. The lowest BCUT2D eigenvalue weighted by Gasteiger charge is -2.35. The van der Waals surface area contributed by atoms with Gasteiger partial charge < -0.3 is 19.3 Å². The van der Waals surface area contributed by atoms with Gasteiger partial charge in [-0.2, -0.15) is 0 Å². The van der Waals surface area contributed by atoms with Gasteiger partial charge in [0, 0.05) is 29.6 Å². The molecule has 22 heavy (non-hydrogen) atoms. The van der Waals surface area contributed by atoms with Crippen LogP contribution in [0.2, 0.25) is 0 Å². The number of methoxy groups -OCH3 is 1. The summed E-state index contributed by atoms with van der Waals surface area (Å²) in [6.45, 7) is 10.2. The second kappa shape index (κ2) is 7.65. The second-order valence-electron chi connectivity index (χ2n) is 6.01. The molecule has 1 aromatic heterocycles. The summed E-state index contributed by atoms with van der Waals surface area (Å²) in [5.74, 6) is 0.172. The Morgan fingerprint density at radius 3 is 2.45 bits per heavy atom. The van der Waals surface area contributed by atoms with Crippen LogP contribution in [0.3, 0.4) is 0 Å². The third kappa shape index (κ3) is 4.36. The van der Waals surface area contributed by atoms with Gasteiger partial charge in [-0.1, -0.05) is 6.07 Å². The van der Waals surface area contributed by atoms with E-state index in [-0.39, 0.29) is 22.1 Å². The van der Waals surface area contributed by atoms with Crippen molar-refractivity contribution in [1.82, 2.24) is 9.29 Å². The molecule has 6 nitrogen and oxygen atoms in total. The maximum atomic E-state index is 12.6. The van der Waals surface area contributed by atoms with E-state index < -0.39 is 18.5 Å². The largest absolute Gasteiger partial charge is 0.597 e. The van der Waals surface area contributed by atoms with Crippen molar-refractivity contribution in [3.8, 4) is 5.88 Å². The van der Waals surface area contributed by atoms with Gasteiger partial charge in [0.15, 0.2) is 0 Å². The van der Waals surface area contributed by atoms with Crippen LogP contribution in [-0.4, -0.2) is 49.4 Å². The van der Waals surface area contributed by atoms with Gasteiger partial charge in [-0.05, 0) is 40.2 Å². The molecule has 1 unspecified atom stereocenters. The summed E-state index contributed by atoms with van der Waals surface area (Å²) in [6, 6.07) is 1.45. The van der Waals surface area contributed by atoms with Crippen LogP contribution < -0.4 is 10.2 Å². The molecule has 2 N–H and O–H groups in total. The van der Waals surface area contributed by atoms with Crippen molar-refractivity contribution in [3.05, 3.63) is 17.8 Å². The summed E-state index contributed by atoms with van der Waals surface area (Å²) in [7, 11) is -0.248. The Hall–Kier alpha value is -0.795. The first-order valence-corrected chi connectivity index (χ1v) is 8.32. The highest BCUT2D eigenvalue weighted by Crippen LogP contribution is 2.29. The van der Waals surface area contributed by atoms with E-state index in [0.29, 0.717) is 6.54 Å². The lowest BCUT2D eigenvalue weighted by Crippen LogP contribution is -2.44. The lowest BCUT2D eigenvalue weighted by molar-refractivity contribution is 0.343. The van der Waals surface area contributed by atoms with Crippen molar-refractivity contribution in [2.24, 2.45) is 0 Å². The predicted molar refractivity (Wildman–Crippen MR) is 89.3 cm³/mol. The maximum absolute atomic E-state index is 12.6. The van der Waals surface area contributed by atoms with Crippen LogP contribution in [0.15, 0.2) is 12.3 Å². The monoisotopic (exact) mass is 328 g/mol. The molecular formula is C14H25BN2O4S. The Labute approximate surface area is 136 Å². The third-order valence-electron chi connectivity index (χ3n) is 3.33. The molecule has 0 bridgehead atoms. The van der Waals surface area contributed by atoms with Gasteiger partial charge in [-0.15, -0.1) is 4.31 Å². The number of aromatic nitrogens is 1. The molecule has 0 aliphatic carbocycles. The summed E-state index contributed by atoms with van der Waals surface area (Å²) < 4.78 is 19.2. The quantitative estimate of drug-likeness (QED) is 0.588. The Balaban J connectivity index is 3.15. The fourth-order valence-corrected chi connectivity index (χ4v) is 3.47. The first-order valence-electron chi connectivity index (χ1n) is 7.22. The van der Waals surface area contributed by atoms with Gasteiger partial charge in [-0.3, -0.25) is 0 Å². The number of rotatable bonds is 6. The number of hydrogen-bond acceptors (Lipinski definition) is 6. The summed E-state index contributed by atoms with van der Waals surface area (Å²) in [6.07, 6.45) is 1.61. The Morgan fingerprint density at radius 2 is 2.05 bits per heavy atom. The molecule has 0 amide bonds. The van der Waals surface area contributed by atoms with Crippen LogP contribution in [-0.2, 0) is 11.4 Å². The Kier molecular flexibility index (Phi) is 6.70. The second-order valence-corrected chi connectivity index (χ2v) is 8.20. The van der Waals surface area contributed by atoms with Crippen molar-refractivity contribution in [1.29, 1.82) is 0 Å². The van der Waals surface area contributed by atoms with E-state index >= 15 is 0 Å². The molecule has 1 heterocycles. The van der Waals surface area contributed by atoms with E-state index in [1.165, 1.54) is 7.11 Å². The molecule has 0 spiro atoms. The molecule has 0 saturated carbocycles. The third-order valence-corrected chi connectivity index (χ3v) is 5.38. The topological polar surface area (TPSA) is 88.9 Å². The minimum Gasteiger partial charge on any atom is -0.597 e. The Morgan fingerprint density at radius 1 is 1.45 bits per heavy atom. The predicted octanol–water partition coefficient (Wildman–Crippen LogP) is 0.615. The number of nitrogens with zero attached hydrogens (tertiary/aromatic N) is 2. The van der Waals surface area contributed by atoms with E-state index in [0.717, 1.165) is 5.56 Å². The highest BCUT2D eigenvalue weighted by Gasteiger charge is 2.36. The maximum Gasteiger partial charge on any atom is 0.494 e. The number of pyridine rings is 1. The Bertz CT molecular complexity index is 496. The minimum atomic E-state index is -1.67. The standard InChI is InChI=1S/C14H25BN2O4S/c1-7-17(22(20)14(3,4)5)10(2)11-8-12(15(18)19)13(21-6)16-9-11/h8-10,18-19H,7H2,1-6H3/t10?,22-/m0/s1. The zero-order chi connectivity index (χ0) is 17.1. The van der Waals surface area contributed by atoms with Crippen LogP contribution in [0, 0.1) is 0 Å². The van der Waals surface area contributed by atoms with Crippen molar-refractivity contribution >= 4 is 23.9 Å². The zero-order valence-electron chi connectivity index (χ0n) is 14.0. The smallest absolute Gasteiger partial charge is 0.494 e. The van der Waals surface area contributed by atoms with Gasteiger partial charge in [-0.25, -0.2) is 4.98 Å². The number of hydrogen-bond donors (Lipinski definition) is 2. The summed E-state index contributed by atoms with van der Waals surface area (Å²) in [5, 5.41) is 18.9. The molecule has 1 rings (SSSR count). The SMILES string of the molecule is CCN(C(C)c1cnc(OC)c(B(O)O)c1)[S@@+]([O-])C(C)(C)C. The molecule has 0 aromatic carbocycles. The summed E-state index contributed by atoms with van der Waals surface area (Å²) in [4.78, 5) is 4.11. The van der Waals surface area contributed by atoms with Crippen molar-refractivity contribution in [3.63, 3.8) is 0 Å². The van der Waals surface area contributed by atoms with Gasteiger partial charge in [0.25, 0.3) is 0 Å². The van der Waals surface area contributed by atoms with Gasteiger partial charge in [0.1, 0.15) is 4.75 Å². The van der Waals surface area contributed by atoms with Crippen molar-refractivity contribution in [2.45, 2.75) is 45.4 Å². The number of ether oxygens (including phenoxy) is 1. The highest BCUT2D eigenvalue weighted by molar-refractivity contribution is 7.90. The van der Waals surface area contributed by atoms with Crippen LogP contribution in [0.25, 0.3) is 0 Å². The van der Waals surface area contributed by atoms with E-state index in [9.17, 15) is 14.6 Å². The fourth-order valence-electron chi connectivity index (χ4n) is 2.12. The van der Waals surface area contributed by atoms with Gasteiger partial charge in [0.05, 0.1) is 13.2 Å². The van der Waals surface area contributed by atoms with Gasteiger partial charge >= 0.3 is 7.12 Å². The van der Waals surface area contributed by atoms with E-state index in [1.54, 1.807) is 12.3 Å². The fraction of sp³-hybridized carbons (Fsp3) is 0.643. The first-order chi connectivity index (χ1) is 10.1. The normalized spacial score (nSPS) is 14.8. The zero-order valence-corrected chi connectivity index (χ0v) is 14.8. The highest BCUT2D eigenvalue weighted by atomic mass is 32.2. The average molecular weight is 328 g/mol. The van der Waals surface area contributed by atoms with E-state index in [2.05, 4.69) is 4.98 Å². The molecule has 0 saturated heterocycles. The van der Waals surface area contributed by atoms with Crippen LogP contribution in [0.4, 0.5) is 0 Å². The van der Waals surface area contributed by atoms with Crippen molar-refractivity contribution in [2.75, 3.05) is 13.7 Å². The lowest BCUT2D eigenvalue weighted by atomic mass is 9.80. The van der Waals surface area contributed by atoms with Crippen LogP contribution in [0.1, 0.15) is 46.2 Å². The summed E-state index contributed by atoms with van der Waals surface area (Å²) >= 11 is -1.18. The van der Waals surface area contributed by atoms with Crippen LogP contribution >= 0.6 is 0 Å². The molecule has 0 fully saturated rings. The molecule has 2 atom stereocenters. The van der Waals surface area contributed by atoms with Gasteiger partial charge in [0.2, 0.25) is 5.88 Å². The molecule has 124 valence electrons. The molecule has 0 radical (unpaired) electrons. The molecule has 0 aliphatic rings. The first kappa shape index (κ1) is 19.3. The molecule has 0 aliphatic heterocycles. The van der Waals surface area contributed by atoms with E-state index in [4.69, 9.17) is 4.74 Å². The summed E-state index contributed by atoms with van der Waals surface area (Å²) in [5.41, 5.74) is 0.952. The van der Waals surface area contributed by atoms with E-state index in [1.807, 2.05) is 38.9 Å². The van der Waals surface area contributed by atoms with Crippen LogP contribution in [0.5, 0.6) is 5.88 Å². The molecular weight excluding hydrogens is 303 g/mol. The average Bonchev–Trinajstić information content (AvgIpc) is 2.45. The molecule has 8 heteroatoms.